The fraction of sp³-hybridized carbons (Fsp3) is 0.909. The highest BCUT2D eigenvalue weighted by molar-refractivity contribution is 14.0. The maximum Gasteiger partial charge on any atom is 0.407 e. The molecule has 0 spiro atoms. The summed E-state index contributed by atoms with van der Waals surface area (Å²) in [7, 11) is 0. The van der Waals surface area contributed by atoms with Crippen molar-refractivity contribution in [2.24, 2.45) is 16.8 Å². The average Bonchev–Trinajstić information content (AvgIpc) is 3.28. The number of ether oxygens (including phenoxy) is 1. The molecule has 0 aromatic rings. The molecule has 2 heterocycles. The van der Waals surface area contributed by atoms with Gasteiger partial charge in [-0.15, -0.1) is 24.0 Å². The van der Waals surface area contributed by atoms with Gasteiger partial charge >= 0.3 is 6.09 Å². The highest BCUT2D eigenvalue weighted by atomic mass is 127. The lowest BCUT2D eigenvalue weighted by Crippen LogP contribution is -2.45. The lowest BCUT2D eigenvalue weighted by molar-refractivity contribution is 0.0493. The molecule has 2 atom stereocenters. The minimum atomic E-state index is -0.496. The van der Waals surface area contributed by atoms with Crippen LogP contribution in [0.2, 0.25) is 0 Å². The highest BCUT2D eigenvalue weighted by Crippen LogP contribution is 2.20. The van der Waals surface area contributed by atoms with E-state index in [0.717, 1.165) is 31.5 Å². The van der Waals surface area contributed by atoms with Crippen molar-refractivity contribution in [2.75, 3.05) is 45.8 Å². The number of alkyl carbamates (subject to hydrolysis) is 1. The van der Waals surface area contributed by atoms with Gasteiger partial charge in [0, 0.05) is 26.2 Å². The van der Waals surface area contributed by atoms with Gasteiger partial charge in [0.15, 0.2) is 5.96 Å². The molecule has 30 heavy (non-hydrogen) atoms. The minimum Gasteiger partial charge on any atom is -0.444 e. The quantitative estimate of drug-likeness (QED) is 0.296. The zero-order valence-corrected chi connectivity index (χ0v) is 22.2. The second-order valence-corrected chi connectivity index (χ2v) is 9.80. The zero-order chi connectivity index (χ0) is 21.4. The summed E-state index contributed by atoms with van der Waals surface area (Å²) in [6.45, 7) is 19.2. The van der Waals surface area contributed by atoms with E-state index in [4.69, 9.17) is 9.73 Å². The standard InChI is InChI=1S/C22H43N5O2.HI/c1-7-23-20(27-13-10-18(16-27)15-26-11-8-9-12-26)24-14-19(17(2)3)25-21(28)29-22(4,5)6;/h17-19H,7-16H2,1-6H3,(H,23,24)(H,25,28);1H. The number of hydrogen-bond acceptors (Lipinski definition) is 4. The van der Waals surface area contributed by atoms with Crippen LogP contribution in [0.25, 0.3) is 0 Å². The molecule has 0 aromatic heterocycles. The monoisotopic (exact) mass is 537 g/mol. The molecule has 0 aromatic carbocycles. The lowest BCUT2D eigenvalue weighted by Gasteiger charge is -2.26. The van der Waals surface area contributed by atoms with Gasteiger partial charge in [0.1, 0.15) is 5.60 Å². The summed E-state index contributed by atoms with van der Waals surface area (Å²) in [4.78, 5) is 22.1. The second-order valence-electron chi connectivity index (χ2n) is 9.80. The molecule has 2 unspecified atom stereocenters. The molecule has 0 saturated carbocycles. The summed E-state index contributed by atoms with van der Waals surface area (Å²) in [6.07, 6.45) is 3.55. The molecule has 8 heteroatoms. The van der Waals surface area contributed by atoms with E-state index in [2.05, 4.69) is 41.2 Å². The Hall–Kier alpha value is -0.770. The molecular formula is C22H44IN5O2. The van der Waals surface area contributed by atoms with Crippen molar-refractivity contribution in [1.29, 1.82) is 0 Å². The van der Waals surface area contributed by atoms with Crippen LogP contribution in [0, 0.1) is 11.8 Å². The third-order valence-electron chi connectivity index (χ3n) is 5.58. The number of halogens is 1. The van der Waals surface area contributed by atoms with Gasteiger partial charge in [0.2, 0.25) is 0 Å². The Morgan fingerprint density at radius 1 is 1.20 bits per heavy atom. The summed E-state index contributed by atoms with van der Waals surface area (Å²) in [5.41, 5.74) is -0.496. The van der Waals surface area contributed by atoms with E-state index in [9.17, 15) is 4.79 Å². The van der Waals surface area contributed by atoms with Crippen LogP contribution >= 0.6 is 24.0 Å². The molecule has 2 aliphatic heterocycles. The summed E-state index contributed by atoms with van der Waals surface area (Å²) in [5.74, 6) is 1.96. The Bertz CT molecular complexity index is 544. The largest absolute Gasteiger partial charge is 0.444 e. The molecule has 2 aliphatic rings. The number of nitrogens with zero attached hydrogens (tertiary/aromatic N) is 3. The number of likely N-dealkylation sites (tertiary alicyclic amines) is 2. The number of guanidine groups is 1. The van der Waals surface area contributed by atoms with E-state index in [1.807, 2.05) is 20.8 Å². The van der Waals surface area contributed by atoms with E-state index >= 15 is 0 Å². The number of rotatable bonds is 7. The van der Waals surface area contributed by atoms with Crippen LogP contribution in [0.1, 0.15) is 60.8 Å². The van der Waals surface area contributed by atoms with Gasteiger partial charge in [-0.2, -0.15) is 0 Å². The first kappa shape index (κ1) is 27.3. The maximum atomic E-state index is 12.2. The van der Waals surface area contributed by atoms with Crippen molar-refractivity contribution >= 4 is 36.0 Å². The van der Waals surface area contributed by atoms with Crippen molar-refractivity contribution in [3.63, 3.8) is 0 Å². The van der Waals surface area contributed by atoms with Crippen LogP contribution in [-0.4, -0.2) is 79.3 Å². The number of carbonyl (C=O) groups is 1. The minimum absolute atomic E-state index is 0. The second kappa shape index (κ2) is 12.9. The molecule has 176 valence electrons. The lowest BCUT2D eigenvalue weighted by atomic mass is 10.1. The van der Waals surface area contributed by atoms with E-state index in [1.54, 1.807) is 0 Å². The van der Waals surface area contributed by atoms with E-state index in [0.29, 0.717) is 6.54 Å². The van der Waals surface area contributed by atoms with Crippen LogP contribution < -0.4 is 10.6 Å². The highest BCUT2D eigenvalue weighted by Gasteiger charge is 2.28. The van der Waals surface area contributed by atoms with Gasteiger partial charge in [-0.25, -0.2) is 4.79 Å². The third-order valence-corrected chi connectivity index (χ3v) is 5.58. The van der Waals surface area contributed by atoms with Gasteiger partial charge in [0.25, 0.3) is 0 Å². The fourth-order valence-electron chi connectivity index (χ4n) is 4.00. The van der Waals surface area contributed by atoms with Crippen LogP contribution in [0.5, 0.6) is 0 Å². The van der Waals surface area contributed by atoms with Crippen LogP contribution in [0.15, 0.2) is 4.99 Å². The first-order valence-corrected chi connectivity index (χ1v) is 11.4. The van der Waals surface area contributed by atoms with E-state index in [1.165, 1.54) is 38.9 Å². The van der Waals surface area contributed by atoms with Crippen LogP contribution in [0.4, 0.5) is 4.79 Å². The normalized spacial score (nSPS) is 21.5. The Labute approximate surface area is 200 Å². The van der Waals surface area contributed by atoms with Crippen molar-refractivity contribution in [2.45, 2.75) is 72.4 Å². The summed E-state index contributed by atoms with van der Waals surface area (Å²) >= 11 is 0. The number of nitrogens with one attached hydrogen (secondary N) is 2. The Kier molecular flexibility index (Phi) is 11.8. The molecular weight excluding hydrogens is 493 g/mol. The Balaban J connectivity index is 0.00000450. The van der Waals surface area contributed by atoms with E-state index in [-0.39, 0.29) is 42.0 Å². The van der Waals surface area contributed by atoms with Crippen LogP contribution in [-0.2, 0) is 4.74 Å². The summed E-state index contributed by atoms with van der Waals surface area (Å²) in [6, 6.07) is -0.0542. The molecule has 0 aliphatic carbocycles. The summed E-state index contributed by atoms with van der Waals surface area (Å²) < 4.78 is 5.42. The van der Waals surface area contributed by atoms with Crippen molar-refractivity contribution < 1.29 is 9.53 Å². The smallest absolute Gasteiger partial charge is 0.407 e. The molecule has 7 nitrogen and oxygen atoms in total. The Morgan fingerprint density at radius 3 is 2.43 bits per heavy atom. The van der Waals surface area contributed by atoms with Gasteiger partial charge < -0.3 is 25.2 Å². The van der Waals surface area contributed by atoms with Crippen molar-refractivity contribution in [1.82, 2.24) is 20.4 Å². The molecule has 2 rings (SSSR count). The van der Waals surface area contributed by atoms with E-state index < -0.39 is 5.60 Å². The predicted molar refractivity (Wildman–Crippen MR) is 135 cm³/mol. The summed E-state index contributed by atoms with van der Waals surface area (Å²) in [5, 5.41) is 6.44. The van der Waals surface area contributed by atoms with Gasteiger partial charge in [-0.05, 0) is 71.9 Å². The number of aliphatic imine (C=N–C) groups is 1. The SMILES string of the molecule is CCNC(=NCC(NC(=O)OC(C)(C)C)C(C)C)N1CCC(CN2CCCC2)C1.I. The predicted octanol–water partition coefficient (Wildman–Crippen LogP) is 3.54. The van der Waals surface area contributed by atoms with Gasteiger partial charge in [-0.3, -0.25) is 4.99 Å². The van der Waals surface area contributed by atoms with Crippen LogP contribution in [0.3, 0.4) is 0 Å². The number of amides is 1. The fourth-order valence-corrected chi connectivity index (χ4v) is 4.00. The number of carbonyl (C=O) groups excluding carboxylic acids is 1. The van der Waals surface area contributed by atoms with Crippen molar-refractivity contribution in [3.05, 3.63) is 0 Å². The molecule has 0 bridgehead atoms. The first-order chi connectivity index (χ1) is 13.7. The molecule has 0 radical (unpaired) electrons. The Morgan fingerprint density at radius 2 is 1.87 bits per heavy atom. The molecule has 2 fully saturated rings. The number of hydrogen-bond donors (Lipinski definition) is 2. The molecule has 2 saturated heterocycles. The third kappa shape index (κ3) is 9.58. The maximum absolute atomic E-state index is 12.2. The topological polar surface area (TPSA) is 69.2 Å². The van der Waals surface area contributed by atoms with Gasteiger partial charge in [0.05, 0.1) is 12.6 Å². The first-order valence-electron chi connectivity index (χ1n) is 11.4. The zero-order valence-electron chi connectivity index (χ0n) is 19.9. The van der Waals surface area contributed by atoms with Gasteiger partial charge in [-0.1, -0.05) is 13.8 Å². The molecule has 2 N–H and O–H groups in total. The average molecular weight is 538 g/mol. The van der Waals surface area contributed by atoms with Crippen molar-refractivity contribution in [3.8, 4) is 0 Å². The molecule has 1 amide bonds.